The Morgan fingerprint density at radius 1 is 1.17 bits per heavy atom. The Morgan fingerprint density at radius 3 is 2.38 bits per heavy atom. The molecule has 2 aromatic carbocycles. The van der Waals surface area contributed by atoms with Crippen LogP contribution < -0.4 is 15.1 Å². The molecule has 1 radical (unpaired) electrons. The van der Waals surface area contributed by atoms with Crippen LogP contribution in [0.25, 0.3) is 0 Å². The number of aryl methyl sites for hydroxylation is 1. The summed E-state index contributed by atoms with van der Waals surface area (Å²) in [6, 6.07) is 15.0. The van der Waals surface area contributed by atoms with Crippen molar-refractivity contribution in [1.29, 1.82) is 0 Å². The van der Waals surface area contributed by atoms with E-state index in [0.717, 1.165) is 5.75 Å². The third kappa shape index (κ3) is 4.31. The quantitative estimate of drug-likeness (QED) is 0.426. The summed E-state index contributed by atoms with van der Waals surface area (Å²) in [7, 11) is -1.10. The highest BCUT2D eigenvalue weighted by Gasteiger charge is 2.27. The summed E-state index contributed by atoms with van der Waals surface area (Å²) in [6.45, 7) is 13.1. The first kappa shape index (κ1) is 18.8. The van der Waals surface area contributed by atoms with Crippen molar-refractivity contribution in [1.82, 2.24) is 0 Å². The van der Waals surface area contributed by atoms with E-state index in [9.17, 15) is 0 Å². The first-order valence-corrected chi connectivity index (χ1v) is 10.5. The van der Waals surface area contributed by atoms with Crippen molar-refractivity contribution in [3.8, 4) is 5.75 Å². The lowest BCUT2D eigenvalue weighted by molar-refractivity contribution is 0.354. The molecule has 0 unspecified atom stereocenters. The number of hydrogen-bond acceptors (Lipinski definition) is 1. The summed E-state index contributed by atoms with van der Waals surface area (Å²) in [6.07, 6.45) is 1.80. The molecule has 0 aromatic heterocycles. The third-order valence-corrected chi connectivity index (χ3v) is 7.09. The zero-order valence-electron chi connectivity index (χ0n) is 15.0. The van der Waals surface area contributed by atoms with E-state index in [1.54, 1.807) is 6.08 Å². The van der Waals surface area contributed by atoms with Crippen molar-refractivity contribution in [2.75, 3.05) is 12.1 Å². The van der Waals surface area contributed by atoms with Crippen molar-refractivity contribution >= 4 is 30.8 Å². The fraction of sp³-hybridized carbons (Fsp3) is 0.333. The molecule has 0 amide bonds. The maximum Gasteiger partial charge on any atom is 0.141 e. The lowest BCUT2D eigenvalue weighted by Gasteiger charge is -2.27. The molecular weight excluding hydrogens is 332 g/mol. The van der Waals surface area contributed by atoms with E-state index in [1.165, 1.54) is 21.5 Å². The van der Waals surface area contributed by atoms with Crippen LogP contribution in [0, 0.1) is 6.92 Å². The normalized spacial score (nSPS) is 11.6. The molecule has 0 saturated carbocycles. The zero-order chi connectivity index (χ0) is 17.7. The van der Waals surface area contributed by atoms with Crippen LogP contribution in [-0.2, 0) is 5.41 Å². The van der Waals surface area contributed by atoms with E-state index in [1.807, 2.05) is 6.07 Å². The molecule has 0 saturated heterocycles. The Kier molecular flexibility index (Phi) is 6.31. The van der Waals surface area contributed by atoms with Gasteiger partial charge in [0, 0.05) is 5.50 Å². The van der Waals surface area contributed by atoms with Gasteiger partial charge < -0.3 is 4.74 Å². The highest BCUT2D eigenvalue weighted by molar-refractivity contribution is 6.90. The van der Waals surface area contributed by atoms with Gasteiger partial charge in [-0.1, -0.05) is 86.6 Å². The molecule has 3 heteroatoms. The summed E-state index contributed by atoms with van der Waals surface area (Å²) in [5, 5.41) is 2.57. The standard InChI is InChI=1S/C21H26ClOSi/c1-6-12-23-20-18(21(3,4)5)13-16(2)14-19(20)24(15-22)17-10-8-7-9-11-17/h6-11,13-14H,1,12,15H2,2-5H3. The van der Waals surface area contributed by atoms with Crippen LogP contribution in [0.4, 0.5) is 0 Å². The number of benzene rings is 2. The molecule has 0 bridgehead atoms. The Morgan fingerprint density at radius 2 is 1.83 bits per heavy atom. The molecular formula is C21H26ClOSi. The molecule has 0 fully saturated rings. The van der Waals surface area contributed by atoms with Gasteiger partial charge in [-0.25, -0.2) is 0 Å². The zero-order valence-corrected chi connectivity index (χ0v) is 16.8. The number of rotatable bonds is 6. The second-order valence-electron chi connectivity index (χ2n) is 7.02. The lowest BCUT2D eigenvalue weighted by Crippen LogP contribution is -2.45. The van der Waals surface area contributed by atoms with Gasteiger partial charge >= 0.3 is 0 Å². The molecule has 0 heterocycles. The van der Waals surface area contributed by atoms with Crippen molar-refractivity contribution in [2.24, 2.45) is 0 Å². The van der Waals surface area contributed by atoms with E-state index >= 15 is 0 Å². The highest BCUT2D eigenvalue weighted by atomic mass is 35.5. The molecule has 0 aliphatic heterocycles. The van der Waals surface area contributed by atoms with Crippen LogP contribution in [0.1, 0.15) is 31.9 Å². The Bertz CT molecular complexity index is 689. The van der Waals surface area contributed by atoms with Crippen molar-refractivity contribution < 1.29 is 4.74 Å². The number of alkyl halides is 1. The van der Waals surface area contributed by atoms with Crippen LogP contribution in [0.2, 0.25) is 0 Å². The minimum absolute atomic E-state index is 0.00719. The van der Waals surface area contributed by atoms with Gasteiger partial charge in [0.05, 0.1) is 0 Å². The van der Waals surface area contributed by atoms with E-state index in [0.29, 0.717) is 12.1 Å². The predicted molar refractivity (Wildman–Crippen MR) is 108 cm³/mol. The Hall–Kier alpha value is -1.51. The second kappa shape index (κ2) is 8.04. The van der Waals surface area contributed by atoms with Crippen molar-refractivity contribution in [2.45, 2.75) is 33.1 Å². The number of hydrogen-bond donors (Lipinski definition) is 0. The average Bonchev–Trinajstić information content (AvgIpc) is 2.54. The van der Waals surface area contributed by atoms with Gasteiger partial charge in [-0.2, -0.15) is 0 Å². The molecule has 0 spiro atoms. The first-order valence-electron chi connectivity index (χ1n) is 8.25. The van der Waals surface area contributed by atoms with Gasteiger partial charge in [0.1, 0.15) is 21.2 Å². The van der Waals surface area contributed by atoms with Crippen molar-refractivity contribution in [3.05, 3.63) is 66.2 Å². The molecule has 2 aromatic rings. The third-order valence-electron chi connectivity index (χ3n) is 3.97. The fourth-order valence-corrected chi connectivity index (χ4v) is 5.78. The summed E-state index contributed by atoms with van der Waals surface area (Å²) >= 11 is 6.43. The van der Waals surface area contributed by atoms with E-state index in [-0.39, 0.29) is 5.41 Å². The van der Waals surface area contributed by atoms with Gasteiger partial charge in [0.15, 0.2) is 0 Å². The van der Waals surface area contributed by atoms with Gasteiger partial charge in [-0.3, -0.25) is 0 Å². The predicted octanol–water partition coefficient (Wildman–Crippen LogP) is 4.24. The molecule has 2 rings (SSSR count). The lowest BCUT2D eigenvalue weighted by atomic mass is 9.85. The SMILES string of the molecule is C=CCOc1c([Si](CCl)c2ccccc2)cc(C)cc1C(C)(C)C. The van der Waals surface area contributed by atoms with Crippen molar-refractivity contribution in [3.63, 3.8) is 0 Å². The molecule has 24 heavy (non-hydrogen) atoms. The maximum absolute atomic E-state index is 6.43. The van der Waals surface area contributed by atoms with Crippen LogP contribution in [-0.4, -0.2) is 20.9 Å². The maximum atomic E-state index is 6.43. The summed E-state index contributed by atoms with van der Waals surface area (Å²) in [5.74, 6) is 0.992. The molecule has 0 aliphatic carbocycles. The van der Waals surface area contributed by atoms with E-state index in [4.69, 9.17) is 16.3 Å². The van der Waals surface area contributed by atoms with Gasteiger partial charge in [-0.05, 0) is 23.1 Å². The van der Waals surface area contributed by atoms with Crippen LogP contribution >= 0.6 is 11.6 Å². The average molecular weight is 358 g/mol. The van der Waals surface area contributed by atoms with E-state index in [2.05, 4.69) is 70.7 Å². The number of halogens is 1. The van der Waals surface area contributed by atoms with Gasteiger partial charge in [0.2, 0.25) is 0 Å². The summed E-state index contributed by atoms with van der Waals surface area (Å²) in [4.78, 5) is 0. The minimum atomic E-state index is -1.10. The van der Waals surface area contributed by atoms with Crippen LogP contribution in [0.15, 0.2) is 55.1 Å². The highest BCUT2D eigenvalue weighted by Crippen LogP contribution is 2.31. The van der Waals surface area contributed by atoms with Crippen LogP contribution in [0.3, 0.4) is 0 Å². The molecule has 0 atom stereocenters. The topological polar surface area (TPSA) is 9.23 Å². The second-order valence-corrected chi connectivity index (χ2v) is 10.2. The van der Waals surface area contributed by atoms with Gasteiger partial charge in [-0.15, -0.1) is 11.6 Å². The van der Waals surface area contributed by atoms with E-state index < -0.39 is 8.80 Å². The Balaban J connectivity index is 2.66. The molecule has 0 aliphatic rings. The molecule has 0 N–H and O–H groups in total. The largest absolute Gasteiger partial charge is 0.489 e. The smallest absolute Gasteiger partial charge is 0.141 e. The number of ether oxygens (including phenoxy) is 1. The summed E-state index contributed by atoms with van der Waals surface area (Å²) in [5.41, 5.74) is 3.12. The first-order chi connectivity index (χ1) is 11.4. The molecule has 1 nitrogen and oxygen atoms in total. The monoisotopic (exact) mass is 357 g/mol. The summed E-state index contributed by atoms with van der Waals surface area (Å²) < 4.78 is 6.15. The minimum Gasteiger partial charge on any atom is -0.489 e. The fourth-order valence-electron chi connectivity index (χ4n) is 2.80. The van der Waals surface area contributed by atoms with Crippen LogP contribution in [0.5, 0.6) is 5.75 Å². The van der Waals surface area contributed by atoms with Gasteiger partial charge in [0.25, 0.3) is 0 Å². The Labute approximate surface area is 152 Å². The molecule has 127 valence electrons.